The predicted molar refractivity (Wildman–Crippen MR) is 100 cm³/mol. The zero-order chi connectivity index (χ0) is 16.5. The van der Waals surface area contributed by atoms with Crippen LogP contribution in [0.2, 0.25) is 0 Å². The minimum atomic E-state index is -0.00537. The average molecular weight is 384 g/mol. The number of Topliss-reactive ketones (excluding diaryl/α,β-unsaturated/α-hetero) is 1. The van der Waals surface area contributed by atoms with Crippen molar-refractivity contribution in [2.45, 2.75) is 50.2 Å². The van der Waals surface area contributed by atoms with E-state index in [2.05, 4.69) is 45.1 Å². The molecule has 0 bridgehead atoms. The van der Waals surface area contributed by atoms with Gasteiger partial charge >= 0.3 is 0 Å². The summed E-state index contributed by atoms with van der Waals surface area (Å²) in [5, 5.41) is 0. The number of nitrogens with zero attached hydrogens (tertiary/aromatic N) is 1. The molecule has 1 saturated carbocycles. The van der Waals surface area contributed by atoms with Gasteiger partial charge < -0.3 is 0 Å². The molecule has 3 atom stereocenters. The van der Waals surface area contributed by atoms with E-state index in [0.29, 0.717) is 6.04 Å². The van der Waals surface area contributed by atoms with Gasteiger partial charge in [-0.3, -0.25) is 9.69 Å². The Balaban J connectivity index is 1.64. The second kappa shape index (κ2) is 6.81. The van der Waals surface area contributed by atoms with E-state index in [9.17, 15) is 4.79 Å². The van der Waals surface area contributed by atoms with Gasteiger partial charge in [0.25, 0.3) is 0 Å². The van der Waals surface area contributed by atoms with Gasteiger partial charge in [0, 0.05) is 16.1 Å². The molecule has 2 nitrogen and oxygen atoms in total. The van der Waals surface area contributed by atoms with Crippen LogP contribution in [0.5, 0.6) is 0 Å². The van der Waals surface area contributed by atoms with E-state index >= 15 is 0 Å². The molecule has 1 aliphatic heterocycles. The fourth-order valence-corrected chi connectivity index (χ4v) is 4.67. The summed E-state index contributed by atoms with van der Waals surface area (Å²) in [5.74, 6) is 0.252. The van der Waals surface area contributed by atoms with E-state index in [1.165, 1.54) is 37.7 Å². The van der Waals surface area contributed by atoms with E-state index < -0.39 is 0 Å². The van der Waals surface area contributed by atoms with Crippen molar-refractivity contribution in [1.82, 2.24) is 4.90 Å². The number of hydrogen-bond acceptors (Lipinski definition) is 2. The van der Waals surface area contributed by atoms with E-state index in [4.69, 9.17) is 0 Å². The molecule has 0 N–H and O–H groups in total. The maximum Gasteiger partial charge on any atom is 0.183 e. The first-order valence-electron chi connectivity index (χ1n) is 8.88. The Kier molecular flexibility index (Phi) is 4.55. The average Bonchev–Trinajstić information content (AvgIpc) is 3.39. The normalized spacial score (nSPS) is 27.0. The Bertz CT molecular complexity index is 724. The predicted octanol–water partition coefficient (Wildman–Crippen LogP) is 5.39. The highest BCUT2D eigenvalue weighted by atomic mass is 79.9. The van der Waals surface area contributed by atoms with Gasteiger partial charge in [-0.05, 0) is 24.5 Å². The highest BCUT2D eigenvalue weighted by molar-refractivity contribution is 9.10. The van der Waals surface area contributed by atoms with E-state index in [1.54, 1.807) is 0 Å². The van der Waals surface area contributed by atoms with Crippen LogP contribution in [-0.2, 0) is 0 Å². The maximum atomic E-state index is 13.2. The van der Waals surface area contributed by atoms with Crippen LogP contribution in [0, 0.1) is 0 Å². The Morgan fingerprint density at radius 2 is 1.58 bits per heavy atom. The molecule has 0 radical (unpaired) electrons. The Morgan fingerprint density at radius 3 is 2.29 bits per heavy atom. The summed E-state index contributed by atoms with van der Waals surface area (Å²) < 4.78 is 0.900. The lowest BCUT2D eigenvalue weighted by molar-refractivity contribution is 0.0962. The van der Waals surface area contributed by atoms with Gasteiger partial charge in [0.1, 0.15) is 0 Å². The fourth-order valence-electron chi connectivity index (χ4n) is 4.19. The van der Waals surface area contributed by atoms with E-state index in [-0.39, 0.29) is 17.9 Å². The molecule has 3 heteroatoms. The zero-order valence-electron chi connectivity index (χ0n) is 13.7. The van der Waals surface area contributed by atoms with Crippen molar-refractivity contribution in [1.29, 1.82) is 0 Å². The number of rotatable bonds is 4. The minimum Gasteiger partial charge on any atom is -0.292 e. The second-order valence-corrected chi connectivity index (χ2v) is 7.74. The van der Waals surface area contributed by atoms with E-state index in [1.807, 2.05) is 30.3 Å². The molecule has 1 heterocycles. The lowest BCUT2D eigenvalue weighted by Gasteiger charge is -2.24. The summed E-state index contributed by atoms with van der Waals surface area (Å²) in [6.45, 7) is 0. The highest BCUT2D eigenvalue weighted by Crippen LogP contribution is 2.49. The van der Waals surface area contributed by atoms with Crippen molar-refractivity contribution in [2.24, 2.45) is 0 Å². The minimum absolute atomic E-state index is 0.00537. The molecule has 2 fully saturated rings. The molecule has 2 aromatic carbocycles. The summed E-state index contributed by atoms with van der Waals surface area (Å²) in [6, 6.07) is 19.1. The third kappa shape index (κ3) is 2.96. The lowest BCUT2D eigenvalue weighted by Crippen LogP contribution is -2.26. The summed E-state index contributed by atoms with van der Waals surface area (Å²) in [5.41, 5.74) is 2.08. The van der Waals surface area contributed by atoms with Crippen LogP contribution in [0.4, 0.5) is 0 Å². The quantitative estimate of drug-likeness (QED) is 0.520. The van der Waals surface area contributed by atoms with Crippen LogP contribution in [0.15, 0.2) is 59.1 Å². The standard InChI is InChI=1S/C21H22BrNO/c22-18-14-8-7-13-17(18)21(24)20-19(15-9-3-1-4-10-15)23(20)16-11-5-2-6-12-16/h1,3-4,7-10,13-14,16,19-20H,2,5-6,11-12H2/t19-,20+,23?/m1/s1. The van der Waals surface area contributed by atoms with Crippen LogP contribution >= 0.6 is 15.9 Å². The molecule has 24 heavy (non-hydrogen) atoms. The summed E-state index contributed by atoms with van der Waals surface area (Å²) >= 11 is 3.55. The molecule has 0 spiro atoms. The molecule has 2 aliphatic rings. The SMILES string of the molecule is O=C(c1ccccc1Br)[C@@H]1[C@@H](c2ccccc2)N1C1CCCCC1. The number of ketones is 1. The van der Waals surface area contributed by atoms with Crippen molar-refractivity contribution in [3.05, 3.63) is 70.2 Å². The number of carbonyl (C=O) groups is 1. The Morgan fingerprint density at radius 1 is 0.917 bits per heavy atom. The summed E-state index contributed by atoms with van der Waals surface area (Å²) in [6.07, 6.45) is 6.37. The first-order chi connectivity index (χ1) is 11.8. The van der Waals surface area contributed by atoms with Crippen LogP contribution in [-0.4, -0.2) is 22.8 Å². The molecule has 1 unspecified atom stereocenters. The molecular formula is C21H22BrNO. The molecule has 124 valence electrons. The summed E-state index contributed by atoms with van der Waals surface area (Å²) in [4.78, 5) is 15.7. The zero-order valence-corrected chi connectivity index (χ0v) is 15.3. The molecular weight excluding hydrogens is 362 g/mol. The van der Waals surface area contributed by atoms with Crippen LogP contribution in [0.25, 0.3) is 0 Å². The van der Waals surface area contributed by atoms with Gasteiger partial charge in [0.05, 0.1) is 12.1 Å². The number of carbonyl (C=O) groups excluding carboxylic acids is 1. The van der Waals surface area contributed by atoms with Crippen molar-refractivity contribution in [3.63, 3.8) is 0 Å². The third-order valence-corrected chi connectivity index (χ3v) is 6.09. The van der Waals surface area contributed by atoms with Gasteiger partial charge in [-0.15, -0.1) is 0 Å². The monoisotopic (exact) mass is 383 g/mol. The second-order valence-electron chi connectivity index (χ2n) is 6.88. The molecule has 2 aromatic rings. The van der Waals surface area contributed by atoms with Gasteiger partial charge in [-0.1, -0.05) is 83.7 Å². The molecule has 1 saturated heterocycles. The van der Waals surface area contributed by atoms with Gasteiger partial charge in [-0.25, -0.2) is 0 Å². The topological polar surface area (TPSA) is 20.1 Å². The van der Waals surface area contributed by atoms with Gasteiger partial charge in [0.2, 0.25) is 0 Å². The van der Waals surface area contributed by atoms with Crippen molar-refractivity contribution >= 4 is 21.7 Å². The first-order valence-corrected chi connectivity index (χ1v) is 9.68. The van der Waals surface area contributed by atoms with Crippen LogP contribution < -0.4 is 0 Å². The van der Waals surface area contributed by atoms with Gasteiger partial charge in [-0.2, -0.15) is 0 Å². The Hall–Kier alpha value is -1.45. The lowest BCUT2D eigenvalue weighted by atomic mass is 9.95. The molecule has 0 aromatic heterocycles. The largest absolute Gasteiger partial charge is 0.292 e. The van der Waals surface area contributed by atoms with Gasteiger partial charge in [0.15, 0.2) is 5.78 Å². The van der Waals surface area contributed by atoms with Crippen molar-refractivity contribution in [3.8, 4) is 0 Å². The molecule has 1 aliphatic carbocycles. The number of hydrogen-bond donors (Lipinski definition) is 0. The molecule has 0 amide bonds. The highest BCUT2D eigenvalue weighted by Gasteiger charge is 2.56. The smallest absolute Gasteiger partial charge is 0.183 e. The maximum absolute atomic E-state index is 13.2. The fraction of sp³-hybridized carbons (Fsp3) is 0.381. The number of benzene rings is 2. The molecule has 4 rings (SSSR count). The third-order valence-electron chi connectivity index (χ3n) is 5.40. The van der Waals surface area contributed by atoms with Crippen molar-refractivity contribution < 1.29 is 4.79 Å². The van der Waals surface area contributed by atoms with Crippen LogP contribution in [0.1, 0.15) is 54.1 Å². The Labute approximate surface area is 152 Å². The summed E-state index contributed by atoms with van der Waals surface area (Å²) in [7, 11) is 0. The number of halogens is 1. The van der Waals surface area contributed by atoms with Crippen LogP contribution in [0.3, 0.4) is 0 Å². The van der Waals surface area contributed by atoms with E-state index in [0.717, 1.165) is 10.0 Å². The first kappa shape index (κ1) is 16.0. The van der Waals surface area contributed by atoms with Crippen molar-refractivity contribution in [2.75, 3.05) is 0 Å².